The van der Waals surface area contributed by atoms with Gasteiger partial charge in [0.1, 0.15) is 6.61 Å². The lowest BCUT2D eigenvalue weighted by Crippen LogP contribution is -2.08. The summed E-state index contributed by atoms with van der Waals surface area (Å²) in [6.07, 6.45) is 4.62. The van der Waals surface area contributed by atoms with Crippen LogP contribution in [0.3, 0.4) is 0 Å². The summed E-state index contributed by atoms with van der Waals surface area (Å²) >= 11 is 0. The molecule has 1 rings (SSSR count). The fourth-order valence-corrected chi connectivity index (χ4v) is 1.16. The van der Waals surface area contributed by atoms with E-state index in [0.717, 1.165) is 18.7 Å². The molecule has 0 bridgehead atoms. The number of aliphatic hydroxyl groups is 1. The SMILES string of the molecule is CCCn1cc(OCCOCCO)cn1. The van der Waals surface area contributed by atoms with Crippen LogP contribution in [0.15, 0.2) is 12.4 Å². The van der Waals surface area contributed by atoms with E-state index < -0.39 is 0 Å². The monoisotopic (exact) mass is 214 g/mol. The van der Waals surface area contributed by atoms with Crippen molar-refractivity contribution in [3.63, 3.8) is 0 Å². The summed E-state index contributed by atoms with van der Waals surface area (Å²) in [6.45, 7) is 4.39. The lowest BCUT2D eigenvalue weighted by Gasteiger charge is -2.03. The summed E-state index contributed by atoms with van der Waals surface area (Å²) in [5.74, 6) is 0.760. The largest absolute Gasteiger partial charge is 0.488 e. The molecule has 1 aromatic rings. The molecule has 15 heavy (non-hydrogen) atoms. The maximum absolute atomic E-state index is 8.47. The van der Waals surface area contributed by atoms with E-state index in [2.05, 4.69) is 12.0 Å². The van der Waals surface area contributed by atoms with Crippen molar-refractivity contribution in [2.24, 2.45) is 0 Å². The zero-order chi connectivity index (χ0) is 10.9. The fraction of sp³-hybridized carbons (Fsp3) is 0.700. The predicted octanol–water partition coefficient (Wildman–Crippen LogP) is 0.681. The number of rotatable bonds is 8. The van der Waals surface area contributed by atoms with Gasteiger partial charge in [0, 0.05) is 6.54 Å². The molecule has 0 unspecified atom stereocenters. The Hall–Kier alpha value is -1.07. The maximum Gasteiger partial charge on any atom is 0.157 e. The first-order valence-corrected chi connectivity index (χ1v) is 5.20. The van der Waals surface area contributed by atoms with Crippen LogP contribution < -0.4 is 4.74 Å². The Morgan fingerprint density at radius 3 is 3.00 bits per heavy atom. The molecule has 0 radical (unpaired) electrons. The van der Waals surface area contributed by atoms with Gasteiger partial charge in [0.15, 0.2) is 5.75 Å². The van der Waals surface area contributed by atoms with E-state index in [1.807, 2.05) is 10.9 Å². The molecular weight excluding hydrogens is 196 g/mol. The van der Waals surface area contributed by atoms with Crippen molar-refractivity contribution >= 4 is 0 Å². The summed E-state index contributed by atoms with van der Waals surface area (Å²) in [5, 5.41) is 12.6. The molecule has 0 spiro atoms. The van der Waals surface area contributed by atoms with Gasteiger partial charge in [-0.15, -0.1) is 0 Å². The molecule has 0 aliphatic heterocycles. The van der Waals surface area contributed by atoms with E-state index in [-0.39, 0.29) is 6.61 Å². The highest BCUT2D eigenvalue weighted by atomic mass is 16.5. The van der Waals surface area contributed by atoms with E-state index in [1.54, 1.807) is 6.20 Å². The molecule has 0 atom stereocenters. The average Bonchev–Trinajstić information content (AvgIpc) is 2.66. The van der Waals surface area contributed by atoms with E-state index in [4.69, 9.17) is 14.6 Å². The van der Waals surface area contributed by atoms with Crippen LogP contribution >= 0.6 is 0 Å². The number of ether oxygens (including phenoxy) is 2. The number of nitrogens with zero attached hydrogens (tertiary/aromatic N) is 2. The summed E-state index contributed by atoms with van der Waals surface area (Å²) < 4.78 is 12.3. The average molecular weight is 214 g/mol. The molecule has 1 N–H and O–H groups in total. The minimum Gasteiger partial charge on any atom is -0.488 e. The van der Waals surface area contributed by atoms with Gasteiger partial charge in [0.05, 0.1) is 32.2 Å². The molecule has 5 heteroatoms. The van der Waals surface area contributed by atoms with Crippen molar-refractivity contribution in [3.8, 4) is 5.75 Å². The van der Waals surface area contributed by atoms with Crippen molar-refractivity contribution in [2.75, 3.05) is 26.4 Å². The van der Waals surface area contributed by atoms with Crippen LogP contribution in [0.4, 0.5) is 0 Å². The fourth-order valence-electron chi connectivity index (χ4n) is 1.16. The number of aromatic nitrogens is 2. The van der Waals surface area contributed by atoms with Crippen LogP contribution in [0.5, 0.6) is 5.75 Å². The van der Waals surface area contributed by atoms with Crippen LogP contribution in [-0.4, -0.2) is 41.3 Å². The topological polar surface area (TPSA) is 56.5 Å². The third kappa shape index (κ3) is 4.80. The van der Waals surface area contributed by atoms with Crippen LogP contribution in [0, 0.1) is 0 Å². The highest BCUT2D eigenvalue weighted by Crippen LogP contribution is 2.07. The van der Waals surface area contributed by atoms with E-state index in [1.165, 1.54) is 0 Å². The standard InChI is InChI=1S/C10H18N2O3/c1-2-3-12-9-10(8-11-12)15-7-6-14-5-4-13/h8-9,13H,2-7H2,1H3. The van der Waals surface area contributed by atoms with Crippen molar-refractivity contribution in [1.29, 1.82) is 0 Å². The lowest BCUT2D eigenvalue weighted by molar-refractivity contribution is 0.0705. The number of aryl methyl sites for hydroxylation is 1. The third-order valence-electron chi connectivity index (χ3n) is 1.79. The molecule has 0 aromatic carbocycles. The first-order chi connectivity index (χ1) is 7.36. The minimum atomic E-state index is 0.0500. The Bertz CT molecular complexity index is 263. The summed E-state index contributed by atoms with van der Waals surface area (Å²) in [4.78, 5) is 0. The van der Waals surface area contributed by atoms with Crippen molar-refractivity contribution < 1.29 is 14.6 Å². The highest BCUT2D eigenvalue weighted by Gasteiger charge is 1.98. The quantitative estimate of drug-likeness (QED) is 0.646. The minimum absolute atomic E-state index is 0.0500. The first kappa shape index (κ1) is 12.0. The predicted molar refractivity (Wildman–Crippen MR) is 55.9 cm³/mol. The Labute approximate surface area is 89.6 Å². The Morgan fingerprint density at radius 1 is 1.40 bits per heavy atom. The molecule has 0 saturated carbocycles. The Balaban J connectivity index is 2.14. The van der Waals surface area contributed by atoms with Gasteiger partial charge in [0.2, 0.25) is 0 Å². The molecule has 0 aliphatic carbocycles. The number of aliphatic hydroxyl groups excluding tert-OH is 1. The van der Waals surface area contributed by atoms with Crippen molar-refractivity contribution in [2.45, 2.75) is 19.9 Å². The molecule has 0 saturated heterocycles. The van der Waals surface area contributed by atoms with Gasteiger partial charge in [-0.2, -0.15) is 5.10 Å². The Kier molecular flexibility index (Phi) is 5.80. The third-order valence-corrected chi connectivity index (χ3v) is 1.79. The molecule has 5 nitrogen and oxygen atoms in total. The lowest BCUT2D eigenvalue weighted by atomic mass is 10.5. The maximum atomic E-state index is 8.47. The second-order valence-electron chi connectivity index (χ2n) is 3.12. The number of hydrogen-bond donors (Lipinski definition) is 1. The molecule has 86 valence electrons. The smallest absolute Gasteiger partial charge is 0.157 e. The highest BCUT2D eigenvalue weighted by molar-refractivity contribution is 5.11. The van der Waals surface area contributed by atoms with Gasteiger partial charge in [-0.3, -0.25) is 4.68 Å². The molecular formula is C10H18N2O3. The zero-order valence-corrected chi connectivity index (χ0v) is 9.06. The van der Waals surface area contributed by atoms with Gasteiger partial charge >= 0.3 is 0 Å². The second kappa shape index (κ2) is 7.25. The van der Waals surface area contributed by atoms with Crippen LogP contribution in [-0.2, 0) is 11.3 Å². The summed E-state index contributed by atoms with van der Waals surface area (Å²) in [6, 6.07) is 0. The van der Waals surface area contributed by atoms with E-state index in [0.29, 0.717) is 19.8 Å². The van der Waals surface area contributed by atoms with Crippen LogP contribution in [0.2, 0.25) is 0 Å². The van der Waals surface area contributed by atoms with Crippen molar-refractivity contribution in [3.05, 3.63) is 12.4 Å². The zero-order valence-electron chi connectivity index (χ0n) is 9.06. The Morgan fingerprint density at radius 2 is 2.27 bits per heavy atom. The molecule has 1 aromatic heterocycles. The van der Waals surface area contributed by atoms with Gasteiger partial charge in [-0.1, -0.05) is 6.92 Å². The molecule has 0 aliphatic rings. The van der Waals surface area contributed by atoms with Crippen LogP contribution in [0.1, 0.15) is 13.3 Å². The second-order valence-corrected chi connectivity index (χ2v) is 3.12. The van der Waals surface area contributed by atoms with Gasteiger partial charge in [-0.25, -0.2) is 0 Å². The summed E-state index contributed by atoms with van der Waals surface area (Å²) in [7, 11) is 0. The molecule has 0 amide bonds. The first-order valence-electron chi connectivity index (χ1n) is 5.20. The summed E-state index contributed by atoms with van der Waals surface area (Å²) in [5.41, 5.74) is 0. The van der Waals surface area contributed by atoms with E-state index in [9.17, 15) is 0 Å². The molecule has 0 fully saturated rings. The number of hydrogen-bond acceptors (Lipinski definition) is 4. The molecule has 1 heterocycles. The van der Waals surface area contributed by atoms with Gasteiger partial charge in [-0.05, 0) is 6.42 Å². The van der Waals surface area contributed by atoms with Crippen LogP contribution in [0.25, 0.3) is 0 Å². The van der Waals surface area contributed by atoms with E-state index >= 15 is 0 Å². The van der Waals surface area contributed by atoms with Gasteiger partial charge < -0.3 is 14.6 Å². The normalized spacial score (nSPS) is 10.5. The van der Waals surface area contributed by atoms with Gasteiger partial charge in [0.25, 0.3) is 0 Å². The van der Waals surface area contributed by atoms with Crippen molar-refractivity contribution in [1.82, 2.24) is 9.78 Å².